The molecule has 2 N–H and O–H groups in total. The van der Waals surface area contributed by atoms with Crippen LogP contribution in [0, 0.1) is 6.92 Å². The Morgan fingerprint density at radius 2 is 1.89 bits per heavy atom. The molecule has 5 nitrogen and oxygen atoms in total. The SMILES string of the molecule is Cc1cccc(-c2ccc(CNC(=O)C3(n4cccn4)CCNCC3)cc2)c1. The van der Waals surface area contributed by atoms with E-state index in [9.17, 15) is 4.79 Å². The molecular weight excluding hydrogens is 348 g/mol. The van der Waals surface area contributed by atoms with Crippen LogP contribution < -0.4 is 10.6 Å². The summed E-state index contributed by atoms with van der Waals surface area (Å²) in [5.74, 6) is 0.0421. The molecule has 5 heteroatoms. The quantitative estimate of drug-likeness (QED) is 0.721. The first-order valence-corrected chi connectivity index (χ1v) is 9.82. The van der Waals surface area contributed by atoms with Crippen LogP contribution in [0.15, 0.2) is 67.0 Å². The summed E-state index contributed by atoms with van der Waals surface area (Å²) in [7, 11) is 0. The first-order valence-electron chi connectivity index (χ1n) is 9.82. The van der Waals surface area contributed by atoms with Crippen LogP contribution in [0.1, 0.15) is 24.0 Å². The zero-order chi connectivity index (χ0) is 19.4. The molecule has 28 heavy (non-hydrogen) atoms. The average molecular weight is 374 g/mol. The molecule has 0 saturated carbocycles. The van der Waals surface area contributed by atoms with Gasteiger partial charge in [-0.15, -0.1) is 0 Å². The summed E-state index contributed by atoms with van der Waals surface area (Å²) in [5, 5.41) is 10.8. The lowest BCUT2D eigenvalue weighted by atomic mass is 9.87. The van der Waals surface area contributed by atoms with E-state index >= 15 is 0 Å². The predicted octanol–water partition coefficient (Wildman–Crippen LogP) is 3.25. The topological polar surface area (TPSA) is 59.0 Å². The van der Waals surface area contributed by atoms with Crippen molar-refractivity contribution >= 4 is 5.91 Å². The summed E-state index contributed by atoms with van der Waals surface area (Å²) in [4.78, 5) is 13.1. The smallest absolute Gasteiger partial charge is 0.248 e. The molecule has 144 valence electrons. The van der Waals surface area contributed by atoms with Crippen molar-refractivity contribution in [2.45, 2.75) is 31.8 Å². The van der Waals surface area contributed by atoms with E-state index in [4.69, 9.17) is 0 Å². The van der Waals surface area contributed by atoms with Gasteiger partial charge in [0, 0.05) is 18.9 Å². The number of aromatic nitrogens is 2. The van der Waals surface area contributed by atoms with E-state index in [1.807, 2.05) is 16.9 Å². The van der Waals surface area contributed by atoms with Crippen LogP contribution in [-0.2, 0) is 16.9 Å². The molecule has 0 aliphatic carbocycles. The van der Waals surface area contributed by atoms with E-state index in [-0.39, 0.29) is 5.91 Å². The lowest BCUT2D eigenvalue weighted by Gasteiger charge is -2.36. The minimum absolute atomic E-state index is 0.0421. The Kier molecular flexibility index (Phi) is 5.26. The first-order chi connectivity index (χ1) is 13.7. The van der Waals surface area contributed by atoms with Crippen molar-refractivity contribution in [3.8, 4) is 11.1 Å². The first kappa shape index (κ1) is 18.4. The Balaban J connectivity index is 1.45. The molecule has 2 aromatic carbocycles. The number of amides is 1. The molecule has 0 radical (unpaired) electrons. The molecule has 1 aliphatic heterocycles. The number of nitrogens with zero attached hydrogens (tertiary/aromatic N) is 2. The van der Waals surface area contributed by atoms with Gasteiger partial charge in [0.25, 0.3) is 0 Å². The molecule has 0 unspecified atom stereocenters. The van der Waals surface area contributed by atoms with Crippen molar-refractivity contribution in [3.05, 3.63) is 78.1 Å². The minimum atomic E-state index is -0.601. The maximum Gasteiger partial charge on any atom is 0.248 e. The number of aryl methyl sites for hydroxylation is 1. The van der Waals surface area contributed by atoms with Crippen molar-refractivity contribution in [2.24, 2.45) is 0 Å². The second-order valence-electron chi connectivity index (χ2n) is 7.48. The van der Waals surface area contributed by atoms with E-state index in [0.717, 1.165) is 31.5 Å². The molecule has 1 amide bonds. The van der Waals surface area contributed by atoms with E-state index in [0.29, 0.717) is 6.54 Å². The van der Waals surface area contributed by atoms with E-state index in [1.165, 1.54) is 16.7 Å². The largest absolute Gasteiger partial charge is 0.350 e. The summed E-state index contributed by atoms with van der Waals surface area (Å²) >= 11 is 0. The molecule has 1 aromatic heterocycles. The van der Waals surface area contributed by atoms with Crippen molar-refractivity contribution in [1.29, 1.82) is 0 Å². The summed E-state index contributed by atoms with van der Waals surface area (Å²) in [6.45, 7) is 4.25. The molecule has 0 spiro atoms. The van der Waals surface area contributed by atoms with Gasteiger partial charge in [-0.05, 0) is 55.6 Å². The normalized spacial score (nSPS) is 15.9. The van der Waals surface area contributed by atoms with E-state index in [2.05, 4.69) is 71.2 Å². The fraction of sp³-hybridized carbons (Fsp3) is 0.304. The van der Waals surface area contributed by atoms with Gasteiger partial charge in [0.1, 0.15) is 5.54 Å². The molecule has 2 heterocycles. The van der Waals surface area contributed by atoms with Crippen molar-refractivity contribution in [3.63, 3.8) is 0 Å². The van der Waals surface area contributed by atoms with Crippen LogP contribution in [0.4, 0.5) is 0 Å². The summed E-state index contributed by atoms with van der Waals surface area (Å²) in [6.07, 6.45) is 5.11. The van der Waals surface area contributed by atoms with Crippen LogP contribution in [0.25, 0.3) is 11.1 Å². The number of hydrogen-bond donors (Lipinski definition) is 2. The summed E-state index contributed by atoms with van der Waals surface area (Å²) in [5.41, 5.74) is 4.14. The number of carbonyl (C=O) groups is 1. The standard InChI is InChI=1S/C23H26N4O/c1-18-4-2-5-21(16-18)20-8-6-19(7-9-20)17-25-22(28)23(10-13-24-14-11-23)27-15-3-12-26-27/h2-9,12,15-16,24H,10-11,13-14,17H2,1H3,(H,25,28). The monoisotopic (exact) mass is 374 g/mol. The molecule has 0 atom stereocenters. The van der Waals surface area contributed by atoms with Crippen molar-refractivity contribution in [1.82, 2.24) is 20.4 Å². The summed E-state index contributed by atoms with van der Waals surface area (Å²) in [6, 6.07) is 18.8. The Morgan fingerprint density at radius 3 is 2.57 bits per heavy atom. The number of carbonyl (C=O) groups excluding carboxylic acids is 1. The van der Waals surface area contributed by atoms with Gasteiger partial charge in [-0.3, -0.25) is 9.48 Å². The maximum atomic E-state index is 13.1. The predicted molar refractivity (Wildman–Crippen MR) is 111 cm³/mol. The van der Waals surface area contributed by atoms with Gasteiger partial charge in [0.15, 0.2) is 0 Å². The van der Waals surface area contributed by atoms with Gasteiger partial charge in [0.2, 0.25) is 5.91 Å². The third kappa shape index (κ3) is 3.71. The summed E-state index contributed by atoms with van der Waals surface area (Å²) < 4.78 is 1.82. The molecule has 4 rings (SSSR count). The van der Waals surface area contributed by atoms with Crippen molar-refractivity contribution in [2.75, 3.05) is 13.1 Å². The van der Waals surface area contributed by atoms with Crippen LogP contribution in [-0.4, -0.2) is 28.8 Å². The fourth-order valence-corrected chi connectivity index (χ4v) is 3.91. The number of piperidine rings is 1. The average Bonchev–Trinajstić information content (AvgIpc) is 3.28. The third-order valence-electron chi connectivity index (χ3n) is 5.55. The van der Waals surface area contributed by atoms with Gasteiger partial charge >= 0.3 is 0 Å². The van der Waals surface area contributed by atoms with Gasteiger partial charge in [-0.2, -0.15) is 5.10 Å². The highest BCUT2D eigenvalue weighted by molar-refractivity contribution is 5.84. The maximum absolute atomic E-state index is 13.1. The highest BCUT2D eigenvalue weighted by Gasteiger charge is 2.41. The molecule has 1 saturated heterocycles. The van der Waals surface area contributed by atoms with Gasteiger partial charge in [-0.25, -0.2) is 0 Å². The minimum Gasteiger partial charge on any atom is -0.350 e. The third-order valence-corrected chi connectivity index (χ3v) is 5.55. The zero-order valence-corrected chi connectivity index (χ0v) is 16.2. The molecule has 1 fully saturated rings. The Hall–Kier alpha value is -2.92. The number of nitrogens with one attached hydrogen (secondary N) is 2. The molecule has 3 aromatic rings. The lowest BCUT2D eigenvalue weighted by Crippen LogP contribution is -2.54. The Morgan fingerprint density at radius 1 is 1.11 bits per heavy atom. The van der Waals surface area contributed by atoms with Crippen LogP contribution in [0.3, 0.4) is 0 Å². The molecule has 0 bridgehead atoms. The van der Waals surface area contributed by atoms with Crippen LogP contribution in [0.5, 0.6) is 0 Å². The number of rotatable bonds is 5. The van der Waals surface area contributed by atoms with E-state index < -0.39 is 5.54 Å². The molecular formula is C23H26N4O. The number of hydrogen-bond acceptors (Lipinski definition) is 3. The zero-order valence-electron chi connectivity index (χ0n) is 16.2. The Bertz CT molecular complexity index is 926. The van der Waals surface area contributed by atoms with Gasteiger partial charge in [0.05, 0.1) is 0 Å². The van der Waals surface area contributed by atoms with Crippen LogP contribution in [0.2, 0.25) is 0 Å². The highest BCUT2D eigenvalue weighted by atomic mass is 16.2. The Labute approximate surface area is 165 Å². The van der Waals surface area contributed by atoms with E-state index in [1.54, 1.807) is 6.20 Å². The lowest BCUT2D eigenvalue weighted by molar-refractivity contribution is -0.132. The second kappa shape index (κ2) is 7.98. The second-order valence-corrected chi connectivity index (χ2v) is 7.48. The molecule has 1 aliphatic rings. The highest BCUT2D eigenvalue weighted by Crippen LogP contribution is 2.27. The fourth-order valence-electron chi connectivity index (χ4n) is 3.91. The van der Waals surface area contributed by atoms with Gasteiger partial charge in [-0.1, -0.05) is 54.1 Å². The van der Waals surface area contributed by atoms with Crippen LogP contribution >= 0.6 is 0 Å². The van der Waals surface area contributed by atoms with Crippen molar-refractivity contribution < 1.29 is 4.79 Å². The van der Waals surface area contributed by atoms with Gasteiger partial charge < -0.3 is 10.6 Å². The number of benzene rings is 2.